The summed E-state index contributed by atoms with van der Waals surface area (Å²) in [6.45, 7) is 3.46. The van der Waals surface area contributed by atoms with E-state index in [0.717, 1.165) is 4.90 Å². The smallest absolute Gasteiger partial charge is 0.338 e. The van der Waals surface area contributed by atoms with Crippen molar-refractivity contribution in [2.45, 2.75) is 20.0 Å². The summed E-state index contributed by atoms with van der Waals surface area (Å²) in [5.74, 6) is -2.80. The molecule has 0 saturated heterocycles. The van der Waals surface area contributed by atoms with Gasteiger partial charge in [0.05, 0.1) is 30.0 Å². The molecule has 0 radical (unpaired) electrons. The van der Waals surface area contributed by atoms with Crippen molar-refractivity contribution in [1.29, 1.82) is 0 Å². The highest BCUT2D eigenvalue weighted by Gasteiger charge is 2.39. The van der Waals surface area contributed by atoms with Crippen LogP contribution in [0.4, 0.5) is 17.1 Å². The number of benzene rings is 3. The molecule has 0 fully saturated rings. The van der Waals surface area contributed by atoms with Gasteiger partial charge in [-0.1, -0.05) is 11.6 Å². The Hall–Kier alpha value is -4.96. The van der Waals surface area contributed by atoms with Crippen LogP contribution in [0.2, 0.25) is 0 Å². The summed E-state index contributed by atoms with van der Waals surface area (Å²) < 4.78 is 9.80. The first-order chi connectivity index (χ1) is 19.1. The normalized spacial score (nSPS) is 13.0. The lowest BCUT2D eigenvalue weighted by molar-refractivity contribution is -0.120. The molecule has 0 unspecified atom stereocenters. The Labute approximate surface area is 234 Å². The summed E-state index contributed by atoms with van der Waals surface area (Å²) in [6.07, 6.45) is -0.291. The van der Waals surface area contributed by atoms with Crippen LogP contribution >= 0.6 is 11.6 Å². The summed E-state index contributed by atoms with van der Waals surface area (Å²) in [7, 11) is 1.28. The Morgan fingerprint density at radius 2 is 1.27 bits per heavy atom. The lowest BCUT2D eigenvalue weighted by atomic mass is 10.1. The van der Waals surface area contributed by atoms with E-state index in [2.05, 4.69) is 15.4 Å². The Kier molecular flexibility index (Phi) is 8.30. The van der Waals surface area contributed by atoms with Crippen molar-refractivity contribution in [3.05, 3.63) is 100 Å². The molecule has 1 aliphatic heterocycles. The highest BCUT2D eigenvalue weighted by molar-refractivity contribution is 6.53. The van der Waals surface area contributed by atoms with Gasteiger partial charge in [0.15, 0.2) is 0 Å². The third-order valence-corrected chi connectivity index (χ3v) is 6.06. The highest BCUT2D eigenvalue weighted by Crippen LogP contribution is 2.30. The first kappa shape index (κ1) is 28.1. The molecule has 204 valence electrons. The molecule has 0 bridgehead atoms. The molecule has 11 heteroatoms. The molecular weight excluding hydrogens is 538 g/mol. The second-order valence-corrected chi connectivity index (χ2v) is 9.24. The number of hydrogen-bond acceptors (Lipinski definition) is 8. The quantitative estimate of drug-likeness (QED) is 0.298. The van der Waals surface area contributed by atoms with Crippen molar-refractivity contribution >= 4 is 58.3 Å². The first-order valence-electron chi connectivity index (χ1n) is 12.1. The van der Waals surface area contributed by atoms with Gasteiger partial charge in [0.25, 0.3) is 17.7 Å². The maximum Gasteiger partial charge on any atom is 0.338 e. The van der Waals surface area contributed by atoms with Crippen LogP contribution in [-0.4, -0.2) is 42.9 Å². The SMILES string of the molecule is COC(=O)c1ccc(NC(=O)c2ccc(NC3=C(Cl)C(=O)N(c4ccc(C(=O)OC(C)C)cc4)C3=O)cc2)cc1. The van der Waals surface area contributed by atoms with Crippen LogP contribution in [0.15, 0.2) is 83.5 Å². The number of methoxy groups -OCH3 is 1. The largest absolute Gasteiger partial charge is 0.465 e. The number of nitrogens with zero attached hydrogens (tertiary/aromatic N) is 1. The number of anilines is 3. The Bertz CT molecular complexity index is 1510. The van der Waals surface area contributed by atoms with Gasteiger partial charge in [0.2, 0.25) is 0 Å². The van der Waals surface area contributed by atoms with E-state index in [9.17, 15) is 24.0 Å². The third-order valence-electron chi connectivity index (χ3n) is 5.71. The first-order valence-corrected chi connectivity index (χ1v) is 12.4. The summed E-state index contributed by atoms with van der Waals surface area (Å²) in [4.78, 5) is 63.0. The molecule has 3 aromatic carbocycles. The topological polar surface area (TPSA) is 131 Å². The van der Waals surface area contributed by atoms with Crippen LogP contribution in [0, 0.1) is 0 Å². The lowest BCUT2D eigenvalue weighted by Crippen LogP contribution is -2.32. The van der Waals surface area contributed by atoms with Crippen molar-refractivity contribution in [2.75, 3.05) is 22.6 Å². The van der Waals surface area contributed by atoms with Gasteiger partial charge in [-0.15, -0.1) is 0 Å². The van der Waals surface area contributed by atoms with Crippen LogP contribution in [0.1, 0.15) is 44.9 Å². The van der Waals surface area contributed by atoms with Gasteiger partial charge >= 0.3 is 11.9 Å². The summed E-state index contributed by atoms with van der Waals surface area (Å²) in [5, 5.41) is 5.27. The molecule has 4 rings (SSSR count). The van der Waals surface area contributed by atoms with E-state index in [1.165, 1.54) is 55.6 Å². The predicted molar refractivity (Wildman–Crippen MR) is 148 cm³/mol. The van der Waals surface area contributed by atoms with E-state index < -0.39 is 29.7 Å². The number of esters is 2. The van der Waals surface area contributed by atoms with Gasteiger partial charge in [0, 0.05) is 16.9 Å². The lowest BCUT2D eigenvalue weighted by Gasteiger charge is -2.16. The average molecular weight is 562 g/mol. The number of hydrogen-bond donors (Lipinski definition) is 2. The van der Waals surface area contributed by atoms with Crippen LogP contribution in [0.3, 0.4) is 0 Å². The van der Waals surface area contributed by atoms with E-state index in [1.54, 1.807) is 38.1 Å². The summed E-state index contributed by atoms with van der Waals surface area (Å²) in [5.41, 5.74) is 1.96. The summed E-state index contributed by atoms with van der Waals surface area (Å²) in [6, 6.07) is 18.2. The molecule has 3 aromatic rings. The van der Waals surface area contributed by atoms with E-state index in [0.29, 0.717) is 22.5 Å². The van der Waals surface area contributed by atoms with E-state index in [4.69, 9.17) is 16.3 Å². The number of halogens is 1. The predicted octanol–water partition coefficient (Wildman–Crippen LogP) is 4.73. The van der Waals surface area contributed by atoms with E-state index >= 15 is 0 Å². The van der Waals surface area contributed by atoms with Crippen LogP contribution in [0.25, 0.3) is 0 Å². The molecule has 3 amide bonds. The number of ether oxygens (including phenoxy) is 2. The van der Waals surface area contributed by atoms with E-state index in [1.807, 2.05) is 0 Å². The second kappa shape index (κ2) is 11.8. The maximum atomic E-state index is 13.1. The molecule has 1 aliphatic rings. The minimum atomic E-state index is -0.721. The van der Waals surface area contributed by atoms with Crippen molar-refractivity contribution in [1.82, 2.24) is 0 Å². The number of carbonyl (C=O) groups excluding carboxylic acids is 5. The van der Waals surface area contributed by atoms with Crippen molar-refractivity contribution in [3.63, 3.8) is 0 Å². The number of nitrogens with one attached hydrogen (secondary N) is 2. The zero-order valence-electron chi connectivity index (χ0n) is 21.7. The van der Waals surface area contributed by atoms with Gasteiger partial charge < -0.3 is 20.1 Å². The van der Waals surface area contributed by atoms with Crippen molar-refractivity contribution in [3.8, 4) is 0 Å². The van der Waals surface area contributed by atoms with Gasteiger partial charge in [-0.3, -0.25) is 14.4 Å². The second-order valence-electron chi connectivity index (χ2n) is 8.86. The van der Waals surface area contributed by atoms with Gasteiger partial charge in [0.1, 0.15) is 10.7 Å². The molecule has 10 nitrogen and oxygen atoms in total. The standard InChI is InChI=1S/C29H24ClN3O7/c1-16(2)40-29(38)19-8-14-22(15-9-19)33-26(35)23(30)24(27(33)36)31-20-10-4-17(5-11-20)25(34)32-21-12-6-18(7-13-21)28(37)39-3/h4-16,31H,1-3H3,(H,32,34). The van der Waals surface area contributed by atoms with E-state index in [-0.39, 0.29) is 28.1 Å². The average Bonchev–Trinajstić information content (AvgIpc) is 3.15. The summed E-state index contributed by atoms with van der Waals surface area (Å²) >= 11 is 6.21. The molecule has 40 heavy (non-hydrogen) atoms. The number of rotatable bonds is 8. The Morgan fingerprint density at radius 3 is 1.85 bits per heavy atom. The van der Waals surface area contributed by atoms with Gasteiger partial charge in [-0.05, 0) is 86.6 Å². The third kappa shape index (κ3) is 6.02. The fourth-order valence-corrected chi connectivity index (χ4v) is 3.95. The van der Waals surface area contributed by atoms with Crippen molar-refractivity contribution in [2.24, 2.45) is 0 Å². The zero-order chi connectivity index (χ0) is 29.0. The molecule has 2 N–H and O–H groups in total. The highest BCUT2D eigenvalue weighted by atomic mass is 35.5. The Morgan fingerprint density at radius 1 is 0.750 bits per heavy atom. The molecular formula is C29H24ClN3O7. The van der Waals surface area contributed by atoms with Crippen LogP contribution in [-0.2, 0) is 19.1 Å². The zero-order valence-corrected chi connectivity index (χ0v) is 22.4. The number of imide groups is 1. The maximum absolute atomic E-state index is 13.1. The molecule has 0 spiro atoms. The van der Waals surface area contributed by atoms with Crippen LogP contribution < -0.4 is 15.5 Å². The minimum absolute atomic E-state index is 0.127. The van der Waals surface area contributed by atoms with Gasteiger partial charge in [-0.2, -0.15) is 0 Å². The fourth-order valence-electron chi connectivity index (χ4n) is 3.73. The number of amides is 3. The fraction of sp³-hybridized carbons (Fsp3) is 0.138. The molecule has 0 aliphatic carbocycles. The molecule has 1 heterocycles. The molecule has 0 saturated carbocycles. The number of carbonyl (C=O) groups is 5. The monoisotopic (exact) mass is 561 g/mol. The Balaban J connectivity index is 1.42. The molecule has 0 aromatic heterocycles. The van der Waals surface area contributed by atoms with Crippen LogP contribution in [0.5, 0.6) is 0 Å². The van der Waals surface area contributed by atoms with Gasteiger partial charge in [-0.25, -0.2) is 14.5 Å². The van der Waals surface area contributed by atoms with Crippen molar-refractivity contribution < 1.29 is 33.4 Å². The molecule has 0 atom stereocenters. The minimum Gasteiger partial charge on any atom is -0.465 e.